The normalized spacial score (nSPS) is 11.0. The van der Waals surface area contributed by atoms with Gasteiger partial charge in [0.15, 0.2) is 0 Å². The number of nitriles is 1. The maximum Gasteiger partial charge on any atom is 0.0766 e. The van der Waals surface area contributed by atoms with Crippen molar-refractivity contribution in [3.63, 3.8) is 0 Å². The molecule has 0 N–H and O–H groups in total. The maximum absolute atomic E-state index is 8.96. The number of aryl methyl sites for hydroxylation is 1. The van der Waals surface area contributed by atoms with E-state index >= 15 is 0 Å². The van der Waals surface area contributed by atoms with Crippen LogP contribution in [0.1, 0.15) is 25.0 Å². The van der Waals surface area contributed by atoms with Crippen LogP contribution in [0.25, 0.3) is 0 Å². The molecule has 0 saturated heterocycles. The Morgan fingerprint density at radius 1 is 1.38 bits per heavy atom. The fraction of sp³-hybridized carbons (Fsp3) is 0.364. The zero-order valence-corrected chi connectivity index (χ0v) is 10.2. The molecule has 0 atom stereocenters. The van der Waals surface area contributed by atoms with Crippen molar-refractivity contribution in [3.8, 4) is 6.07 Å². The number of benzene rings is 1. The number of hydrogen-bond acceptors (Lipinski definition) is 1. The molecule has 0 radical (unpaired) electrons. The van der Waals surface area contributed by atoms with Crippen LogP contribution in [0, 0.1) is 21.8 Å². The summed E-state index contributed by atoms with van der Waals surface area (Å²) in [6.07, 6.45) is 0. The highest BCUT2D eigenvalue weighted by atomic mass is 127. The molecule has 1 aromatic rings. The molecular weight excluding hydrogens is 273 g/mol. The van der Waals surface area contributed by atoms with Gasteiger partial charge in [0.1, 0.15) is 0 Å². The number of hydrogen-bond donors (Lipinski definition) is 0. The number of halogens is 1. The molecule has 0 unspecified atom stereocenters. The highest BCUT2D eigenvalue weighted by Gasteiger charge is 2.19. The van der Waals surface area contributed by atoms with E-state index in [4.69, 9.17) is 5.26 Å². The third-order valence-electron chi connectivity index (χ3n) is 2.17. The molecule has 1 rings (SSSR count). The monoisotopic (exact) mass is 285 g/mol. The van der Waals surface area contributed by atoms with Crippen LogP contribution >= 0.6 is 22.6 Å². The number of nitrogens with zero attached hydrogens (tertiary/aromatic N) is 1. The van der Waals surface area contributed by atoms with Gasteiger partial charge in [0.2, 0.25) is 0 Å². The topological polar surface area (TPSA) is 23.8 Å². The molecule has 1 nitrogen and oxygen atoms in total. The molecular formula is C11H12IN. The van der Waals surface area contributed by atoms with E-state index in [0.29, 0.717) is 0 Å². The van der Waals surface area contributed by atoms with Crippen molar-refractivity contribution in [1.29, 1.82) is 5.26 Å². The molecule has 0 saturated carbocycles. The lowest BCUT2D eigenvalue weighted by molar-refractivity contribution is 0.686. The summed E-state index contributed by atoms with van der Waals surface area (Å²) in [6.45, 7) is 5.95. The molecule has 0 aromatic heterocycles. The van der Waals surface area contributed by atoms with E-state index in [1.54, 1.807) is 0 Å². The maximum atomic E-state index is 8.96. The third kappa shape index (κ3) is 2.22. The van der Waals surface area contributed by atoms with Crippen LogP contribution in [0.4, 0.5) is 0 Å². The highest BCUT2D eigenvalue weighted by Crippen LogP contribution is 2.24. The second-order valence-corrected chi connectivity index (χ2v) is 4.86. The van der Waals surface area contributed by atoms with Gasteiger partial charge >= 0.3 is 0 Å². The van der Waals surface area contributed by atoms with Crippen molar-refractivity contribution in [2.45, 2.75) is 26.2 Å². The van der Waals surface area contributed by atoms with Crippen molar-refractivity contribution in [1.82, 2.24) is 0 Å². The van der Waals surface area contributed by atoms with E-state index in [1.165, 1.54) is 9.13 Å². The molecule has 0 aliphatic heterocycles. The SMILES string of the molecule is Cc1ccc(C(C)(C)C#N)cc1I. The Hall–Kier alpha value is -0.560. The van der Waals surface area contributed by atoms with Crippen LogP contribution < -0.4 is 0 Å². The minimum atomic E-state index is -0.381. The lowest BCUT2D eigenvalue weighted by Gasteiger charge is -2.16. The summed E-state index contributed by atoms with van der Waals surface area (Å²) in [5, 5.41) is 8.96. The molecule has 0 fully saturated rings. The summed E-state index contributed by atoms with van der Waals surface area (Å²) < 4.78 is 1.22. The molecule has 0 aliphatic rings. The standard InChI is InChI=1S/C11H12IN/c1-8-4-5-9(6-10(8)12)11(2,3)7-13/h4-6H,1-3H3. The van der Waals surface area contributed by atoms with Gasteiger partial charge in [-0.15, -0.1) is 0 Å². The van der Waals surface area contributed by atoms with E-state index in [-0.39, 0.29) is 5.41 Å². The van der Waals surface area contributed by atoms with Gasteiger partial charge in [-0.2, -0.15) is 5.26 Å². The largest absolute Gasteiger partial charge is 0.197 e. The first kappa shape index (κ1) is 10.5. The van der Waals surface area contributed by atoms with Crippen LogP contribution in [-0.4, -0.2) is 0 Å². The van der Waals surface area contributed by atoms with E-state index in [2.05, 4.69) is 47.7 Å². The van der Waals surface area contributed by atoms with Crippen molar-refractivity contribution in [2.24, 2.45) is 0 Å². The summed E-state index contributed by atoms with van der Waals surface area (Å²) in [4.78, 5) is 0. The molecule has 0 spiro atoms. The van der Waals surface area contributed by atoms with Crippen molar-refractivity contribution in [2.75, 3.05) is 0 Å². The molecule has 13 heavy (non-hydrogen) atoms. The van der Waals surface area contributed by atoms with E-state index in [1.807, 2.05) is 19.9 Å². The summed E-state index contributed by atoms with van der Waals surface area (Å²) in [5.41, 5.74) is 1.97. The van der Waals surface area contributed by atoms with Gasteiger partial charge in [0, 0.05) is 3.57 Å². The van der Waals surface area contributed by atoms with E-state index in [0.717, 1.165) is 5.56 Å². The Kier molecular flexibility index (Phi) is 2.97. The lowest BCUT2D eigenvalue weighted by atomic mass is 9.86. The van der Waals surface area contributed by atoms with Gasteiger partial charge in [0.05, 0.1) is 11.5 Å². The summed E-state index contributed by atoms with van der Waals surface area (Å²) in [5.74, 6) is 0. The van der Waals surface area contributed by atoms with Crippen LogP contribution in [0.2, 0.25) is 0 Å². The van der Waals surface area contributed by atoms with Crippen LogP contribution in [0.15, 0.2) is 18.2 Å². The summed E-state index contributed by atoms with van der Waals surface area (Å²) >= 11 is 2.30. The van der Waals surface area contributed by atoms with E-state index < -0.39 is 0 Å². The summed E-state index contributed by atoms with van der Waals surface area (Å²) in [6, 6.07) is 8.48. The Morgan fingerprint density at radius 2 is 2.00 bits per heavy atom. The molecule has 2 heteroatoms. The molecule has 0 amide bonds. The molecule has 68 valence electrons. The van der Waals surface area contributed by atoms with E-state index in [9.17, 15) is 0 Å². The van der Waals surface area contributed by atoms with Crippen molar-refractivity contribution >= 4 is 22.6 Å². The van der Waals surface area contributed by atoms with Crippen LogP contribution in [0.3, 0.4) is 0 Å². The first-order valence-electron chi connectivity index (χ1n) is 4.15. The van der Waals surface area contributed by atoms with Gasteiger partial charge < -0.3 is 0 Å². The van der Waals surface area contributed by atoms with Gasteiger partial charge in [-0.1, -0.05) is 12.1 Å². The first-order valence-corrected chi connectivity index (χ1v) is 5.23. The van der Waals surface area contributed by atoms with Crippen LogP contribution in [0.5, 0.6) is 0 Å². The average Bonchev–Trinajstić information content (AvgIpc) is 2.09. The van der Waals surface area contributed by atoms with Crippen molar-refractivity contribution in [3.05, 3.63) is 32.9 Å². The van der Waals surface area contributed by atoms with Gasteiger partial charge in [0.25, 0.3) is 0 Å². The second kappa shape index (κ2) is 3.67. The van der Waals surface area contributed by atoms with Crippen molar-refractivity contribution < 1.29 is 0 Å². The predicted octanol–water partition coefficient (Wildman–Crippen LogP) is 3.40. The quantitative estimate of drug-likeness (QED) is 0.725. The second-order valence-electron chi connectivity index (χ2n) is 3.70. The lowest BCUT2D eigenvalue weighted by Crippen LogP contribution is -2.13. The average molecular weight is 285 g/mol. The fourth-order valence-corrected chi connectivity index (χ4v) is 1.56. The van der Waals surface area contributed by atoms with Gasteiger partial charge in [-0.3, -0.25) is 0 Å². The predicted molar refractivity (Wildman–Crippen MR) is 62.5 cm³/mol. The molecule has 0 heterocycles. The first-order chi connectivity index (χ1) is 5.97. The summed E-state index contributed by atoms with van der Waals surface area (Å²) in [7, 11) is 0. The fourth-order valence-electron chi connectivity index (χ4n) is 1.05. The Bertz CT molecular complexity index is 361. The minimum Gasteiger partial charge on any atom is -0.197 e. The van der Waals surface area contributed by atoms with Gasteiger partial charge in [-0.05, 0) is 60.6 Å². The molecule has 0 aliphatic carbocycles. The zero-order valence-electron chi connectivity index (χ0n) is 8.06. The molecule has 1 aromatic carbocycles. The third-order valence-corrected chi connectivity index (χ3v) is 3.34. The molecule has 0 bridgehead atoms. The highest BCUT2D eigenvalue weighted by molar-refractivity contribution is 14.1. The minimum absolute atomic E-state index is 0.381. The Morgan fingerprint density at radius 3 is 2.46 bits per heavy atom. The zero-order chi connectivity index (χ0) is 10.1. The van der Waals surface area contributed by atoms with Crippen LogP contribution in [-0.2, 0) is 5.41 Å². The Labute approximate surface area is 92.9 Å². The number of rotatable bonds is 1. The smallest absolute Gasteiger partial charge is 0.0766 e. The van der Waals surface area contributed by atoms with Gasteiger partial charge in [-0.25, -0.2) is 0 Å². The Balaban J connectivity index is 3.20.